The van der Waals surface area contributed by atoms with Gasteiger partial charge in [0.05, 0.1) is 16.7 Å². The summed E-state index contributed by atoms with van der Waals surface area (Å²) in [7, 11) is 5.63. The molecule has 1 saturated carbocycles. The Morgan fingerprint density at radius 1 is 1.21 bits per heavy atom. The van der Waals surface area contributed by atoms with Crippen molar-refractivity contribution in [2.24, 2.45) is 33.4 Å². The number of hydrogen-bond donors (Lipinski definition) is 0. The van der Waals surface area contributed by atoms with E-state index < -0.39 is 11.6 Å². The van der Waals surface area contributed by atoms with Crippen molar-refractivity contribution in [2.75, 3.05) is 34.2 Å². The van der Waals surface area contributed by atoms with Crippen LogP contribution in [0.4, 0.5) is 8.78 Å². The SMILES string of the molecule is CN=N/C(=C\C(C)[C@H]1CC[C@](C(=O)N2CC[C@@H](N(C)C)C2)(C(C)C)C1)c1c(F)cccc1F. The van der Waals surface area contributed by atoms with E-state index in [1.165, 1.54) is 25.2 Å². The first-order valence-electron chi connectivity index (χ1n) is 12.0. The summed E-state index contributed by atoms with van der Waals surface area (Å²) in [6.07, 6.45) is 5.35. The minimum atomic E-state index is -0.650. The minimum Gasteiger partial charge on any atom is -0.341 e. The zero-order valence-electron chi connectivity index (χ0n) is 20.8. The van der Waals surface area contributed by atoms with Gasteiger partial charge in [0.2, 0.25) is 5.91 Å². The summed E-state index contributed by atoms with van der Waals surface area (Å²) in [6, 6.07) is 4.22. The number of carbonyl (C=O) groups is 1. The molecule has 2 fully saturated rings. The summed E-state index contributed by atoms with van der Waals surface area (Å²) in [5.41, 5.74) is -0.322. The van der Waals surface area contributed by atoms with Gasteiger partial charge in [-0.25, -0.2) is 8.78 Å². The minimum absolute atomic E-state index is 0.00559. The van der Waals surface area contributed by atoms with Crippen LogP contribution in [-0.4, -0.2) is 56.0 Å². The zero-order valence-corrected chi connectivity index (χ0v) is 20.8. The molecule has 33 heavy (non-hydrogen) atoms. The van der Waals surface area contributed by atoms with Crippen LogP contribution in [0.3, 0.4) is 0 Å². The first-order valence-corrected chi connectivity index (χ1v) is 12.0. The quantitative estimate of drug-likeness (QED) is 0.495. The Labute approximate surface area is 196 Å². The molecule has 0 aromatic heterocycles. The molecule has 1 aliphatic carbocycles. The van der Waals surface area contributed by atoms with Crippen LogP contribution in [0, 0.1) is 34.8 Å². The van der Waals surface area contributed by atoms with Gasteiger partial charge in [0, 0.05) is 26.2 Å². The third-order valence-electron chi connectivity index (χ3n) is 7.89. The van der Waals surface area contributed by atoms with Crippen molar-refractivity contribution >= 4 is 11.6 Å². The molecule has 4 atom stereocenters. The maximum atomic E-state index is 14.4. The summed E-state index contributed by atoms with van der Waals surface area (Å²) in [5, 5.41) is 7.84. The molecule has 5 nitrogen and oxygen atoms in total. The van der Waals surface area contributed by atoms with Crippen LogP contribution in [0.1, 0.15) is 52.0 Å². The standard InChI is InChI=1S/C26H38F2N4O/c1-17(2)26(25(33)32-13-11-20(16-32)31(5)6)12-10-19(15-26)18(3)14-23(30-29-4)24-21(27)8-7-9-22(24)28/h7-9,14,17-20H,10-13,15-16H2,1-6H3/b23-14-,30-29?/t18?,19-,20+,26+/m0/s1. The van der Waals surface area contributed by atoms with Crippen LogP contribution < -0.4 is 0 Å². The molecule has 1 saturated heterocycles. The van der Waals surface area contributed by atoms with E-state index in [9.17, 15) is 13.6 Å². The van der Waals surface area contributed by atoms with Gasteiger partial charge in [0.15, 0.2) is 0 Å². The predicted octanol–water partition coefficient (Wildman–Crippen LogP) is 5.63. The highest BCUT2D eigenvalue weighted by Crippen LogP contribution is 2.51. The predicted molar refractivity (Wildman–Crippen MR) is 128 cm³/mol. The first kappa shape index (κ1) is 25.5. The number of nitrogens with zero attached hydrogens (tertiary/aromatic N) is 4. The Kier molecular flexibility index (Phi) is 8.04. The fraction of sp³-hybridized carbons (Fsp3) is 0.654. The average Bonchev–Trinajstić information content (AvgIpc) is 3.42. The topological polar surface area (TPSA) is 48.3 Å². The van der Waals surface area contributed by atoms with E-state index in [1.807, 2.05) is 13.0 Å². The Balaban J connectivity index is 1.82. The van der Waals surface area contributed by atoms with Gasteiger partial charge in [-0.2, -0.15) is 10.2 Å². The average molecular weight is 461 g/mol. The lowest BCUT2D eigenvalue weighted by Gasteiger charge is -2.37. The van der Waals surface area contributed by atoms with Gasteiger partial charge in [-0.3, -0.25) is 4.79 Å². The number of carbonyl (C=O) groups excluding carboxylic acids is 1. The molecule has 2 aliphatic rings. The van der Waals surface area contributed by atoms with E-state index in [1.54, 1.807) is 0 Å². The Hall–Kier alpha value is -2.15. The summed E-state index contributed by atoms with van der Waals surface area (Å²) >= 11 is 0. The summed E-state index contributed by atoms with van der Waals surface area (Å²) in [5.74, 6) is -0.559. The first-order chi connectivity index (χ1) is 15.6. The largest absolute Gasteiger partial charge is 0.341 e. The Bertz CT molecular complexity index is 893. The van der Waals surface area contributed by atoms with E-state index in [4.69, 9.17) is 0 Å². The molecule has 0 radical (unpaired) electrons. The van der Waals surface area contributed by atoms with Crippen LogP contribution in [0.15, 0.2) is 34.5 Å². The number of likely N-dealkylation sites (tertiary alicyclic amines) is 1. The van der Waals surface area contributed by atoms with Gasteiger partial charge in [0.1, 0.15) is 11.6 Å². The Morgan fingerprint density at radius 3 is 2.42 bits per heavy atom. The van der Waals surface area contributed by atoms with Gasteiger partial charge in [0.25, 0.3) is 0 Å². The van der Waals surface area contributed by atoms with Crippen molar-refractivity contribution in [1.29, 1.82) is 0 Å². The second-order valence-electron chi connectivity index (χ2n) is 10.3. The van der Waals surface area contributed by atoms with Crippen molar-refractivity contribution in [3.8, 4) is 0 Å². The van der Waals surface area contributed by atoms with Gasteiger partial charge < -0.3 is 9.80 Å². The second kappa shape index (κ2) is 10.4. The van der Waals surface area contributed by atoms with Gasteiger partial charge >= 0.3 is 0 Å². The normalized spacial score (nSPS) is 27.3. The number of amides is 1. The maximum absolute atomic E-state index is 14.4. The smallest absolute Gasteiger partial charge is 0.229 e. The molecule has 1 unspecified atom stereocenters. The van der Waals surface area contributed by atoms with Crippen LogP contribution in [-0.2, 0) is 4.79 Å². The van der Waals surface area contributed by atoms with Crippen molar-refractivity contribution in [3.63, 3.8) is 0 Å². The number of allylic oxidation sites excluding steroid dienone is 1. The molecule has 182 valence electrons. The third-order valence-corrected chi connectivity index (χ3v) is 7.89. The fourth-order valence-corrected chi connectivity index (χ4v) is 5.59. The lowest BCUT2D eigenvalue weighted by atomic mass is 9.73. The Morgan fingerprint density at radius 2 is 1.88 bits per heavy atom. The number of benzene rings is 1. The number of halogens is 2. The highest BCUT2D eigenvalue weighted by Gasteiger charge is 2.50. The van der Waals surface area contributed by atoms with Crippen LogP contribution in [0.2, 0.25) is 0 Å². The van der Waals surface area contributed by atoms with Gasteiger partial charge in [-0.05, 0) is 69.7 Å². The lowest BCUT2D eigenvalue weighted by Crippen LogP contribution is -2.46. The molecular formula is C26H38F2N4O. The van der Waals surface area contributed by atoms with Crippen molar-refractivity contribution in [3.05, 3.63) is 41.5 Å². The number of rotatable bonds is 7. The van der Waals surface area contributed by atoms with E-state index in [2.05, 4.69) is 48.0 Å². The van der Waals surface area contributed by atoms with Gasteiger partial charge in [-0.15, -0.1) is 0 Å². The molecule has 1 aromatic rings. The molecule has 3 rings (SSSR count). The highest BCUT2D eigenvalue weighted by molar-refractivity contribution is 5.83. The van der Waals surface area contributed by atoms with E-state index >= 15 is 0 Å². The van der Waals surface area contributed by atoms with Crippen molar-refractivity contribution in [2.45, 2.75) is 52.5 Å². The van der Waals surface area contributed by atoms with Gasteiger partial charge in [-0.1, -0.05) is 32.9 Å². The van der Waals surface area contributed by atoms with Crippen molar-refractivity contribution in [1.82, 2.24) is 9.80 Å². The summed E-state index contributed by atoms with van der Waals surface area (Å²) < 4.78 is 28.8. The number of likely N-dealkylation sites (N-methyl/N-ethyl adjacent to an activating group) is 1. The maximum Gasteiger partial charge on any atom is 0.229 e. The molecular weight excluding hydrogens is 422 g/mol. The second-order valence-corrected chi connectivity index (χ2v) is 10.3. The van der Waals surface area contributed by atoms with Crippen LogP contribution in [0.5, 0.6) is 0 Å². The summed E-state index contributed by atoms with van der Waals surface area (Å²) in [4.78, 5) is 18.0. The number of hydrogen-bond acceptors (Lipinski definition) is 4. The van der Waals surface area contributed by atoms with Crippen molar-refractivity contribution < 1.29 is 13.6 Å². The zero-order chi connectivity index (χ0) is 24.3. The van der Waals surface area contributed by atoms with Crippen LogP contribution in [0.25, 0.3) is 5.70 Å². The van der Waals surface area contributed by atoms with E-state index in [0.29, 0.717) is 6.04 Å². The molecule has 0 bridgehead atoms. The highest BCUT2D eigenvalue weighted by atomic mass is 19.1. The monoisotopic (exact) mass is 460 g/mol. The third kappa shape index (κ3) is 5.18. The molecule has 1 aromatic carbocycles. The molecule has 1 heterocycles. The lowest BCUT2D eigenvalue weighted by molar-refractivity contribution is -0.144. The fourth-order valence-electron chi connectivity index (χ4n) is 5.59. The molecule has 7 heteroatoms. The molecule has 1 aliphatic heterocycles. The van der Waals surface area contributed by atoms with E-state index in [0.717, 1.165) is 38.8 Å². The van der Waals surface area contributed by atoms with E-state index in [-0.39, 0.29) is 40.3 Å². The molecule has 0 N–H and O–H groups in total. The molecule has 0 spiro atoms. The summed E-state index contributed by atoms with van der Waals surface area (Å²) in [6.45, 7) is 7.93. The van der Waals surface area contributed by atoms with Crippen LogP contribution >= 0.6 is 0 Å². The number of azo groups is 1. The molecule has 1 amide bonds.